The van der Waals surface area contributed by atoms with Crippen LogP contribution in [0, 0.1) is 28.6 Å². The fourth-order valence-electron chi connectivity index (χ4n) is 7.48. The number of ether oxygens (including phenoxy) is 1. The average Bonchev–Trinajstić information content (AvgIpc) is 3.26. The molecule has 5 aliphatic rings. The van der Waals surface area contributed by atoms with Crippen molar-refractivity contribution in [3.05, 3.63) is 23.3 Å². The monoisotopic (exact) mass is 340 g/mol. The van der Waals surface area contributed by atoms with Crippen molar-refractivity contribution >= 4 is 11.6 Å². The van der Waals surface area contributed by atoms with Crippen molar-refractivity contribution in [2.75, 3.05) is 0 Å². The van der Waals surface area contributed by atoms with Gasteiger partial charge in [0.2, 0.25) is 0 Å². The van der Waals surface area contributed by atoms with Gasteiger partial charge in [0.15, 0.2) is 11.9 Å². The van der Waals surface area contributed by atoms with E-state index >= 15 is 0 Å². The molecule has 0 N–H and O–H groups in total. The third-order valence-corrected chi connectivity index (χ3v) is 8.99. The first-order valence-corrected chi connectivity index (χ1v) is 9.90. The van der Waals surface area contributed by atoms with Crippen molar-refractivity contribution in [3.63, 3.8) is 0 Å². The Kier molecular flexibility index (Phi) is 2.90. The Bertz CT molecular complexity index is 761. The summed E-state index contributed by atoms with van der Waals surface area (Å²) in [6.07, 6.45) is 8.65. The predicted octanol–water partition coefficient (Wildman–Crippen LogP) is 4.02. The van der Waals surface area contributed by atoms with Crippen LogP contribution >= 0.6 is 0 Å². The van der Waals surface area contributed by atoms with E-state index in [4.69, 9.17) is 4.74 Å². The summed E-state index contributed by atoms with van der Waals surface area (Å²) < 4.78 is 6.23. The summed E-state index contributed by atoms with van der Waals surface area (Å²) in [5.74, 6) is 2.16. The molecule has 3 saturated carbocycles. The van der Waals surface area contributed by atoms with E-state index in [1.807, 2.05) is 6.08 Å². The SMILES string of the molecule is CC=C1C[C@H]2[C@@H]3CCC(=O)[C@@]3(C)CC[C@@H]2[C@@]2(C)C(C)=CC(=O)C3OC132. The summed E-state index contributed by atoms with van der Waals surface area (Å²) in [5.41, 5.74) is 1.88. The zero-order chi connectivity index (χ0) is 17.8. The van der Waals surface area contributed by atoms with E-state index in [-0.39, 0.29) is 22.7 Å². The first-order chi connectivity index (χ1) is 11.8. The van der Waals surface area contributed by atoms with E-state index in [0.29, 0.717) is 23.5 Å². The maximum absolute atomic E-state index is 12.6. The molecule has 0 radical (unpaired) electrons. The van der Waals surface area contributed by atoms with E-state index in [1.165, 1.54) is 11.1 Å². The van der Waals surface area contributed by atoms with Crippen LogP contribution in [-0.2, 0) is 14.3 Å². The van der Waals surface area contributed by atoms with Gasteiger partial charge in [0.05, 0.1) is 0 Å². The maximum Gasteiger partial charge on any atom is 0.187 e. The Morgan fingerprint density at radius 1 is 1.20 bits per heavy atom. The van der Waals surface area contributed by atoms with Crippen molar-refractivity contribution in [1.29, 1.82) is 0 Å². The van der Waals surface area contributed by atoms with Crippen molar-refractivity contribution in [2.45, 2.75) is 71.5 Å². The second-order valence-electron chi connectivity index (χ2n) is 9.48. The lowest BCUT2D eigenvalue weighted by Crippen LogP contribution is -2.59. The number of carbonyl (C=O) groups excluding carboxylic acids is 2. The Hall–Kier alpha value is -1.22. The Morgan fingerprint density at radius 2 is 1.96 bits per heavy atom. The van der Waals surface area contributed by atoms with Crippen LogP contribution in [0.3, 0.4) is 0 Å². The molecule has 1 saturated heterocycles. The van der Waals surface area contributed by atoms with Crippen LogP contribution in [0.5, 0.6) is 0 Å². The first-order valence-electron chi connectivity index (χ1n) is 9.90. The topological polar surface area (TPSA) is 46.7 Å². The lowest BCUT2D eigenvalue weighted by Gasteiger charge is -2.59. The van der Waals surface area contributed by atoms with Gasteiger partial charge in [0.1, 0.15) is 11.4 Å². The van der Waals surface area contributed by atoms with Gasteiger partial charge < -0.3 is 4.74 Å². The molecule has 0 amide bonds. The van der Waals surface area contributed by atoms with Crippen LogP contribution < -0.4 is 0 Å². The molecular formula is C22H28O3. The number of rotatable bonds is 0. The summed E-state index contributed by atoms with van der Waals surface area (Å²) in [7, 11) is 0. The molecule has 134 valence electrons. The summed E-state index contributed by atoms with van der Waals surface area (Å²) in [6.45, 7) is 8.77. The molecule has 3 nitrogen and oxygen atoms in total. The van der Waals surface area contributed by atoms with Crippen LogP contribution in [0.15, 0.2) is 23.3 Å². The van der Waals surface area contributed by atoms with Gasteiger partial charge in [0, 0.05) is 17.3 Å². The molecule has 5 rings (SSSR count). The van der Waals surface area contributed by atoms with Gasteiger partial charge in [-0.1, -0.05) is 25.5 Å². The normalized spacial score (nSPS) is 55.2. The smallest absolute Gasteiger partial charge is 0.187 e. The molecule has 0 aromatic carbocycles. The Balaban J connectivity index is 1.66. The van der Waals surface area contributed by atoms with Gasteiger partial charge in [-0.15, -0.1) is 0 Å². The van der Waals surface area contributed by atoms with Crippen molar-refractivity contribution in [2.24, 2.45) is 28.6 Å². The summed E-state index contributed by atoms with van der Waals surface area (Å²) in [6, 6.07) is 0. The quantitative estimate of drug-likeness (QED) is 0.494. The molecule has 1 aliphatic heterocycles. The standard InChI is InChI=1S/C22H28O3/c1-5-13-11-14-15-6-7-18(24)20(15,3)9-8-16(14)21(4)12(2)10-17(23)19-22(13,21)25-19/h5,10,14-16,19H,6-9,11H2,1-4H3/t14-,15-,16-,19?,20-,21+,22?/m0/s1. The third-order valence-electron chi connectivity index (χ3n) is 8.99. The van der Waals surface area contributed by atoms with Crippen LogP contribution in [-0.4, -0.2) is 23.3 Å². The van der Waals surface area contributed by atoms with Gasteiger partial charge in [-0.2, -0.15) is 0 Å². The van der Waals surface area contributed by atoms with E-state index in [1.54, 1.807) is 0 Å². The van der Waals surface area contributed by atoms with E-state index in [0.717, 1.165) is 32.1 Å². The summed E-state index contributed by atoms with van der Waals surface area (Å²) in [4.78, 5) is 25.1. The number of epoxide rings is 1. The molecule has 25 heavy (non-hydrogen) atoms. The van der Waals surface area contributed by atoms with Crippen molar-refractivity contribution in [3.8, 4) is 0 Å². The largest absolute Gasteiger partial charge is 0.352 e. The predicted molar refractivity (Wildman–Crippen MR) is 94.9 cm³/mol. The fourth-order valence-corrected chi connectivity index (χ4v) is 7.48. The molecule has 1 heterocycles. The highest BCUT2D eigenvalue weighted by atomic mass is 16.6. The number of ketones is 2. The highest BCUT2D eigenvalue weighted by Crippen LogP contribution is 2.73. The molecule has 0 aromatic heterocycles. The minimum Gasteiger partial charge on any atom is -0.352 e. The Labute approximate surface area is 149 Å². The van der Waals surface area contributed by atoms with Gasteiger partial charge in [0.25, 0.3) is 0 Å². The van der Waals surface area contributed by atoms with Crippen molar-refractivity contribution < 1.29 is 14.3 Å². The van der Waals surface area contributed by atoms with E-state index < -0.39 is 5.60 Å². The molecule has 3 heteroatoms. The second kappa shape index (κ2) is 4.54. The maximum atomic E-state index is 12.6. The fraction of sp³-hybridized carbons (Fsp3) is 0.727. The third kappa shape index (κ3) is 1.55. The summed E-state index contributed by atoms with van der Waals surface area (Å²) >= 11 is 0. The van der Waals surface area contributed by atoms with Crippen LogP contribution in [0.2, 0.25) is 0 Å². The zero-order valence-electron chi connectivity index (χ0n) is 15.7. The number of fused-ring (bicyclic) bond motifs is 4. The van der Waals surface area contributed by atoms with Crippen LogP contribution in [0.1, 0.15) is 59.8 Å². The minimum absolute atomic E-state index is 0.108. The molecule has 0 aromatic rings. The summed E-state index contributed by atoms with van der Waals surface area (Å²) in [5, 5.41) is 0. The average molecular weight is 340 g/mol. The highest BCUT2D eigenvalue weighted by molar-refractivity contribution is 6.00. The lowest BCUT2D eigenvalue weighted by molar-refractivity contribution is -0.133. The number of allylic oxidation sites excluding steroid dienone is 1. The van der Waals surface area contributed by atoms with E-state index in [2.05, 4.69) is 33.8 Å². The Morgan fingerprint density at radius 3 is 2.68 bits per heavy atom. The molecule has 2 unspecified atom stereocenters. The number of hydrogen-bond donors (Lipinski definition) is 0. The van der Waals surface area contributed by atoms with Crippen LogP contribution in [0.25, 0.3) is 0 Å². The second-order valence-corrected chi connectivity index (χ2v) is 9.48. The molecule has 7 atom stereocenters. The minimum atomic E-state index is -0.394. The highest BCUT2D eigenvalue weighted by Gasteiger charge is 2.78. The first kappa shape index (κ1) is 16.0. The molecule has 0 bridgehead atoms. The lowest BCUT2D eigenvalue weighted by atomic mass is 9.43. The molecular weight excluding hydrogens is 312 g/mol. The zero-order valence-corrected chi connectivity index (χ0v) is 15.7. The number of hydrogen-bond acceptors (Lipinski definition) is 3. The number of carbonyl (C=O) groups is 2. The van der Waals surface area contributed by atoms with Gasteiger partial charge in [-0.3, -0.25) is 9.59 Å². The van der Waals surface area contributed by atoms with E-state index in [9.17, 15) is 9.59 Å². The molecule has 4 aliphatic carbocycles. The molecule has 4 fully saturated rings. The van der Waals surface area contributed by atoms with Crippen LogP contribution in [0.4, 0.5) is 0 Å². The van der Waals surface area contributed by atoms with Crippen molar-refractivity contribution in [1.82, 2.24) is 0 Å². The molecule has 1 spiro atoms. The number of Topliss-reactive ketones (excluding diaryl/α,β-unsaturated/α-hetero) is 1. The van der Waals surface area contributed by atoms with Gasteiger partial charge >= 0.3 is 0 Å². The van der Waals surface area contributed by atoms with Gasteiger partial charge in [-0.25, -0.2) is 0 Å². The van der Waals surface area contributed by atoms with Gasteiger partial charge in [-0.05, 0) is 68.9 Å².